The number of hydrogen-bond acceptors (Lipinski definition) is 5. The Labute approximate surface area is 151 Å². The van der Waals surface area contributed by atoms with Crippen LogP contribution in [0.1, 0.15) is 5.69 Å². The molecule has 0 unspecified atom stereocenters. The highest BCUT2D eigenvalue weighted by atomic mass is 35.5. The molecular weight excluding hydrogens is 371 g/mol. The number of ether oxygens (including phenoxy) is 2. The zero-order chi connectivity index (χ0) is 18.7. The minimum atomic E-state index is -4.78. The summed E-state index contributed by atoms with van der Waals surface area (Å²) in [6, 6.07) is 11.9. The van der Waals surface area contributed by atoms with Crippen LogP contribution in [-0.4, -0.2) is 21.5 Å². The molecule has 0 N–H and O–H groups in total. The fraction of sp³-hybridized carbons (Fsp3) is 0.118. The number of aryl methyl sites for hydroxylation is 1. The number of alkyl halides is 3. The second-order valence-corrected chi connectivity index (χ2v) is 5.59. The summed E-state index contributed by atoms with van der Waals surface area (Å²) < 4.78 is 46.7. The van der Waals surface area contributed by atoms with Crippen molar-refractivity contribution in [1.82, 2.24) is 15.2 Å². The second-order valence-electron chi connectivity index (χ2n) is 5.16. The van der Waals surface area contributed by atoms with Crippen molar-refractivity contribution in [2.45, 2.75) is 13.3 Å². The molecule has 9 heteroatoms. The summed E-state index contributed by atoms with van der Waals surface area (Å²) in [6.07, 6.45) is -4.78. The van der Waals surface area contributed by atoms with Crippen molar-refractivity contribution in [3.63, 3.8) is 0 Å². The van der Waals surface area contributed by atoms with Gasteiger partial charge in [-0.3, -0.25) is 0 Å². The Morgan fingerprint density at radius 1 is 0.962 bits per heavy atom. The van der Waals surface area contributed by atoms with Gasteiger partial charge in [0.1, 0.15) is 17.2 Å². The molecule has 0 radical (unpaired) electrons. The molecule has 0 saturated heterocycles. The van der Waals surface area contributed by atoms with E-state index in [4.69, 9.17) is 16.3 Å². The van der Waals surface area contributed by atoms with Crippen molar-refractivity contribution < 1.29 is 22.6 Å². The van der Waals surface area contributed by atoms with Gasteiger partial charge in [0.05, 0.1) is 0 Å². The first-order chi connectivity index (χ1) is 12.3. The van der Waals surface area contributed by atoms with Crippen LogP contribution in [-0.2, 0) is 0 Å². The first kappa shape index (κ1) is 17.9. The maximum Gasteiger partial charge on any atom is 0.573 e. The van der Waals surface area contributed by atoms with Gasteiger partial charge in [0.25, 0.3) is 0 Å². The van der Waals surface area contributed by atoms with E-state index in [1.807, 2.05) is 0 Å². The predicted molar refractivity (Wildman–Crippen MR) is 88.2 cm³/mol. The lowest BCUT2D eigenvalue weighted by atomic mass is 10.2. The molecule has 0 bridgehead atoms. The summed E-state index contributed by atoms with van der Waals surface area (Å²) in [5.41, 5.74) is 0.728. The standard InChI is InChI=1S/C17H11ClF3N3O2/c1-10-16(25-13-7-5-12(18)6-8-13)22-15(24-23-10)11-3-2-4-14(9-11)26-17(19,20)21/h2-9H,1H3. The Morgan fingerprint density at radius 3 is 2.38 bits per heavy atom. The maximum absolute atomic E-state index is 12.4. The van der Waals surface area contributed by atoms with Gasteiger partial charge in [-0.25, -0.2) is 0 Å². The molecular formula is C17H11ClF3N3O2. The fourth-order valence-electron chi connectivity index (χ4n) is 2.03. The number of hydrogen-bond donors (Lipinski definition) is 0. The van der Waals surface area contributed by atoms with Gasteiger partial charge in [-0.2, -0.15) is 4.98 Å². The highest BCUT2D eigenvalue weighted by Gasteiger charge is 2.31. The molecule has 0 aliphatic rings. The van der Waals surface area contributed by atoms with E-state index in [-0.39, 0.29) is 17.5 Å². The fourth-order valence-corrected chi connectivity index (χ4v) is 2.16. The highest BCUT2D eigenvalue weighted by Crippen LogP contribution is 2.28. The molecule has 3 aromatic rings. The van der Waals surface area contributed by atoms with Gasteiger partial charge in [-0.15, -0.1) is 23.4 Å². The number of aromatic nitrogens is 3. The van der Waals surface area contributed by atoms with Crippen molar-refractivity contribution in [2.24, 2.45) is 0 Å². The minimum Gasteiger partial charge on any atom is -0.437 e. The summed E-state index contributed by atoms with van der Waals surface area (Å²) in [7, 11) is 0. The van der Waals surface area contributed by atoms with Crippen LogP contribution in [0.5, 0.6) is 17.4 Å². The van der Waals surface area contributed by atoms with Crippen LogP contribution < -0.4 is 9.47 Å². The van der Waals surface area contributed by atoms with Gasteiger partial charge in [0.15, 0.2) is 5.82 Å². The Hall–Kier alpha value is -2.87. The Morgan fingerprint density at radius 2 is 1.69 bits per heavy atom. The van der Waals surface area contributed by atoms with Crippen LogP contribution in [0.4, 0.5) is 13.2 Å². The van der Waals surface area contributed by atoms with E-state index in [1.54, 1.807) is 37.3 Å². The molecule has 1 aromatic heterocycles. The lowest BCUT2D eigenvalue weighted by Crippen LogP contribution is -2.17. The van der Waals surface area contributed by atoms with Crippen molar-refractivity contribution in [3.8, 4) is 28.8 Å². The molecule has 5 nitrogen and oxygen atoms in total. The van der Waals surface area contributed by atoms with Gasteiger partial charge in [0, 0.05) is 10.6 Å². The normalized spacial score (nSPS) is 11.3. The number of nitrogens with zero attached hydrogens (tertiary/aromatic N) is 3. The van der Waals surface area contributed by atoms with Gasteiger partial charge in [-0.05, 0) is 43.3 Å². The molecule has 0 aliphatic heterocycles. The second kappa shape index (κ2) is 7.17. The van der Waals surface area contributed by atoms with E-state index in [1.165, 1.54) is 18.2 Å². The lowest BCUT2D eigenvalue weighted by Gasteiger charge is -2.10. The van der Waals surface area contributed by atoms with Crippen LogP contribution in [0, 0.1) is 6.92 Å². The highest BCUT2D eigenvalue weighted by molar-refractivity contribution is 6.30. The van der Waals surface area contributed by atoms with Gasteiger partial charge in [0.2, 0.25) is 5.88 Å². The van der Waals surface area contributed by atoms with Gasteiger partial charge in [-0.1, -0.05) is 23.7 Å². The van der Waals surface area contributed by atoms with Crippen LogP contribution in [0.2, 0.25) is 5.02 Å². The van der Waals surface area contributed by atoms with Gasteiger partial charge >= 0.3 is 6.36 Å². The molecule has 1 heterocycles. The third-order valence-electron chi connectivity index (χ3n) is 3.17. The predicted octanol–water partition coefficient (Wildman–Crippen LogP) is 5.19. The van der Waals surface area contributed by atoms with Crippen LogP contribution in [0.25, 0.3) is 11.4 Å². The summed E-state index contributed by atoms with van der Waals surface area (Å²) in [5.74, 6) is 0.393. The van der Waals surface area contributed by atoms with Crippen LogP contribution in [0.3, 0.4) is 0 Å². The lowest BCUT2D eigenvalue weighted by molar-refractivity contribution is -0.274. The third-order valence-corrected chi connectivity index (χ3v) is 3.42. The molecule has 0 saturated carbocycles. The summed E-state index contributed by atoms with van der Waals surface area (Å²) in [4.78, 5) is 4.23. The molecule has 0 atom stereocenters. The molecule has 0 spiro atoms. The maximum atomic E-state index is 12.4. The Bertz CT molecular complexity index is 918. The third kappa shape index (κ3) is 4.60. The summed E-state index contributed by atoms with van der Waals surface area (Å²) >= 11 is 5.83. The molecule has 26 heavy (non-hydrogen) atoms. The zero-order valence-electron chi connectivity index (χ0n) is 13.3. The topological polar surface area (TPSA) is 57.1 Å². The van der Waals surface area contributed by atoms with E-state index in [0.717, 1.165) is 0 Å². The first-order valence-corrected chi connectivity index (χ1v) is 7.69. The van der Waals surface area contributed by atoms with Crippen molar-refractivity contribution >= 4 is 11.6 Å². The van der Waals surface area contributed by atoms with E-state index in [0.29, 0.717) is 22.0 Å². The number of rotatable bonds is 4. The van der Waals surface area contributed by atoms with Crippen molar-refractivity contribution in [1.29, 1.82) is 0 Å². The zero-order valence-corrected chi connectivity index (χ0v) is 14.0. The number of halogens is 4. The van der Waals surface area contributed by atoms with Gasteiger partial charge < -0.3 is 9.47 Å². The molecule has 3 rings (SSSR count). The van der Waals surface area contributed by atoms with Crippen LogP contribution in [0.15, 0.2) is 48.5 Å². The first-order valence-electron chi connectivity index (χ1n) is 7.31. The molecule has 0 amide bonds. The van der Waals surface area contributed by atoms with E-state index < -0.39 is 6.36 Å². The minimum absolute atomic E-state index is 0.104. The summed E-state index contributed by atoms with van der Waals surface area (Å²) in [5, 5.41) is 8.40. The number of benzene rings is 2. The SMILES string of the molecule is Cc1nnc(-c2cccc(OC(F)(F)F)c2)nc1Oc1ccc(Cl)cc1. The smallest absolute Gasteiger partial charge is 0.437 e. The van der Waals surface area contributed by atoms with Crippen molar-refractivity contribution in [3.05, 3.63) is 59.2 Å². The van der Waals surface area contributed by atoms with Crippen LogP contribution >= 0.6 is 11.6 Å². The van der Waals surface area contributed by atoms with E-state index >= 15 is 0 Å². The monoisotopic (exact) mass is 381 g/mol. The largest absolute Gasteiger partial charge is 0.573 e. The van der Waals surface area contributed by atoms with Crippen molar-refractivity contribution in [2.75, 3.05) is 0 Å². The average Bonchev–Trinajstić information content (AvgIpc) is 2.57. The molecule has 0 aliphatic carbocycles. The van der Waals surface area contributed by atoms with E-state index in [9.17, 15) is 13.2 Å². The Balaban J connectivity index is 1.89. The average molecular weight is 382 g/mol. The Kier molecular flexibility index (Phi) is 4.94. The summed E-state index contributed by atoms with van der Waals surface area (Å²) in [6.45, 7) is 1.65. The molecule has 2 aromatic carbocycles. The molecule has 134 valence electrons. The quantitative estimate of drug-likeness (QED) is 0.622. The van der Waals surface area contributed by atoms with E-state index in [2.05, 4.69) is 19.9 Å². The molecule has 0 fully saturated rings.